The van der Waals surface area contributed by atoms with Crippen LogP contribution in [0.2, 0.25) is 0 Å². The molecule has 0 radical (unpaired) electrons. The third kappa shape index (κ3) is 4.32. The first-order chi connectivity index (χ1) is 17.9. The molecular weight excluding hydrogens is 474 g/mol. The Morgan fingerprint density at radius 2 is 1.97 bits per heavy atom. The molecule has 194 valence electrons. The van der Waals surface area contributed by atoms with Gasteiger partial charge in [0.1, 0.15) is 18.5 Å². The van der Waals surface area contributed by atoms with E-state index in [-0.39, 0.29) is 6.04 Å². The second-order valence-corrected chi connectivity index (χ2v) is 10.1. The number of imidazole rings is 1. The summed E-state index contributed by atoms with van der Waals surface area (Å²) in [6.07, 6.45) is 2.92. The van der Waals surface area contributed by atoms with Gasteiger partial charge in [0.15, 0.2) is 29.3 Å². The maximum atomic E-state index is 12.5. The van der Waals surface area contributed by atoms with E-state index in [4.69, 9.17) is 4.74 Å². The first-order valence-corrected chi connectivity index (χ1v) is 12.7. The summed E-state index contributed by atoms with van der Waals surface area (Å²) in [7, 11) is 0. The van der Waals surface area contributed by atoms with Gasteiger partial charge in [-0.15, -0.1) is 0 Å². The van der Waals surface area contributed by atoms with Crippen molar-refractivity contribution >= 4 is 33.8 Å². The van der Waals surface area contributed by atoms with Crippen molar-refractivity contribution in [2.75, 3.05) is 11.9 Å². The molecule has 11 heteroatoms. The third-order valence-corrected chi connectivity index (χ3v) is 7.12. The van der Waals surface area contributed by atoms with Gasteiger partial charge in [0, 0.05) is 35.7 Å². The number of nitrogens with zero attached hydrogens (tertiary/aromatic N) is 5. The minimum absolute atomic E-state index is 0.122. The summed E-state index contributed by atoms with van der Waals surface area (Å²) in [6.45, 7) is 4.98. The van der Waals surface area contributed by atoms with Gasteiger partial charge in [-0.2, -0.15) is 0 Å². The maximum absolute atomic E-state index is 12.5. The Morgan fingerprint density at radius 3 is 2.76 bits per heavy atom. The Bertz CT molecular complexity index is 1440. The van der Waals surface area contributed by atoms with E-state index in [1.54, 1.807) is 0 Å². The highest BCUT2D eigenvalue weighted by molar-refractivity contribution is 5.85. The number of nitrogens with one attached hydrogen (secondary N) is 2. The lowest BCUT2D eigenvalue weighted by Gasteiger charge is -2.16. The molecule has 1 aliphatic carbocycles. The fourth-order valence-electron chi connectivity index (χ4n) is 5.00. The Hall–Kier alpha value is -3.54. The summed E-state index contributed by atoms with van der Waals surface area (Å²) in [6, 6.07) is 8.89. The minimum Gasteiger partial charge on any atom is -0.387 e. The molecule has 1 saturated carbocycles. The van der Waals surface area contributed by atoms with E-state index in [2.05, 4.69) is 74.5 Å². The quantitative estimate of drug-likeness (QED) is 0.285. The second-order valence-electron chi connectivity index (χ2n) is 10.1. The van der Waals surface area contributed by atoms with Crippen molar-refractivity contribution in [3.05, 3.63) is 48.7 Å². The van der Waals surface area contributed by atoms with Crippen molar-refractivity contribution in [2.45, 2.75) is 69.7 Å². The van der Waals surface area contributed by atoms with Gasteiger partial charge in [-0.05, 0) is 44.7 Å². The van der Waals surface area contributed by atoms with E-state index in [0.29, 0.717) is 29.6 Å². The lowest BCUT2D eigenvalue weighted by Crippen LogP contribution is -2.43. The predicted molar refractivity (Wildman–Crippen MR) is 137 cm³/mol. The monoisotopic (exact) mass is 505 g/mol. The number of hydrogen-bond donors (Lipinski definition) is 4. The van der Waals surface area contributed by atoms with E-state index < -0.39 is 30.4 Å². The van der Waals surface area contributed by atoms with Crippen molar-refractivity contribution < 1.29 is 19.7 Å². The molecule has 2 fully saturated rings. The van der Waals surface area contributed by atoms with Crippen molar-refractivity contribution in [1.82, 2.24) is 29.4 Å². The minimum atomic E-state index is -1.35. The van der Waals surface area contributed by atoms with Crippen molar-refractivity contribution in [3.8, 4) is 0 Å². The molecule has 3 aromatic heterocycles. The number of aromatic nitrogens is 5. The van der Waals surface area contributed by atoms with Crippen LogP contribution in [0.15, 0.2) is 43.1 Å². The zero-order valence-electron chi connectivity index (χ0n) is 20.8. The number of carbonyl (C=O) groups excluding carboxylic acids is 1. The van der Waals surface area contributed by atoms with Gasteiger partial charge in [0.2, 0.25) is 0 Å². The Kier molecular flexibility index (Phi) is 6.06. The molecule has 0 bridgehead atoms. The van der Waals surface area contributed by atoms with Crippen LogP contribution in [0.1, 0.15) is 44.5 Å². The van der Waals surface area contributed by atoms with Gasteiger partial charge in [0.25, 0.3) is 5.91 Å². The van der Waals surface area contributed by atoms with Gasteiger partial charge in [0.05, 0.1) is 6.33 Å². The highest BCUT2D eigenvalue weighted by atomic mass is 16.6. The van der Waals surface area contributed by atoms with Gasteiger partial charge in [-0.3, -0.25) is 9.36 Å². The standard InChI is InChI=1S/C26H31N7O4/c1-14(2)32-11-15(17-5-3-4-6-18(17)32)9-10-27-23-19-24(29-12-28-23)33(13-30-19)26-21(35)20(34)22(37-26)25(36)31-16-7-8-16/h3-6,11-14,16,20-22,26,34-35H,7-10H2,1-2H3,(H,31,36)(H,27,28,29)/t20-,21+,22-,26+/m0/s1. The normalized spacial score (nSPS) is 23.8. The average Bonchev–Trinajstić information content (AvgIpc) is 3.35. The first-order valence-electron chi connectivity index (χ1n) is 12.7. The molecular formula is C26H31N7O4. The number of amides is 1. The summed E-state index contributed by atoms with van der Waals surface area (Å²) in [5.74, 6) is 0.143. The van der Waals surface area contributed by atoms with Crippen LogP contribution < -0.4 is 10.6 Å². The Balaban J connectivity index is 1.19. The number of anilines is 1. The summed E-state index contributed by atoms with van der Waals surface area (Å²) < 4.78 is 9.62. The van der Waals surface area contributed by atoms with Crippen LogP contribution in [-0.4, -0.2) is 71.1 Å². The summed E-state index contributed by atoms with van der Waals surface area (Å²) >= 11 is 0. The molecule has 0 spiro atoms. The van der Waals surface area contributed by atoms with Crippen LogP contribution in [0, 0.1) is 0 Å². The molecule has 37 heavy (non-hydrogen) atoms. The fraction of sp³-hybridized carbons (Fsp3) is 0.462. The molecule has 4 heterocycles. The first kappa shape index (κ1) is 23.8. The van der Waals surface area contributed by atoms with Gasteiger partial charge in [-0.25, -0.2) is 15.0 Å². The molecule has 11 nitrogen and oxygen atoms in total. The molecule has 2 aliphatic rings. The number of aliphatic hydroxyl groups is 2. The maximum Gasteiger partial charge on any atom is 0.252 e. The third-order valence-electron chi connectivity index (χ3n) is 7.12. The van der Waals surface area contributed by atoms with Gasteiger partial charge in [-0.1, -0.05) is 18.2 Å². The van der Waals surface area contributed by atoms with E-state index in [9.17, 15) is 15.0 Å². The van der Waals surface area contributed by atoms with Crippen LogP contribution >= 0.6 is 0 Å². The molecule has 0 unspecified atom stereocenters. The predicted octanol–water partition coefficient (Wildman–Crippen LogP) is 1.91. The summed E-state index contributed by atoms with van der Waals surface area (Å²) in [5.41, 5.74) is 3.42. The van der Waals surface area contributed by atoms with E-state index in [0.717, 1.165) is 19.3 Å². The van der Waals surface area contributed by atoms with Crippen LogP contribution in [-0.2, 0) is 16.0 Å². The van der Waals surface area contributed by atoms with Crippen LogP contribution in [0.5, 0.6) is 0 Å². The number of carbonyl (C=O) groups is 1. The van der Waals surface area contributed by atoms with Crippen LogP contribution in [0.4, 0.5) is 5.82 Å². The van der Waals surface area contributed by atoms with Crippen molar-refractivity contribution in [3.63, 3.8) is 0 Å². The van der Waals surface area contributed by atoms with Gasteiger partial charge >= 0.3 is 0 Å². The molecule has 4 N–H and O–H groups in total. The zero-order chi connectivity index (χ0) is 25.7. The zero-order valence-corrected chi connectivity index (χ0v) is 20.8. The van der Waals surface area contributed by atoms with E-state index in [1.807, 2.05) is 0 Å². The molecule has 4 aromatic rings. The lowest BCUT2D eigenvalue weighted by atomic mass is 10.1. The van der Waals surface area contributed by atoms with Crippen molar-refractivity contribution in [2.24, 2.45) is 0 Å². The van der Waals surface area contributed by atoms with Crippen LogP contribution in [0.3, 0.4) is 0 Å². The van der Waals surface area contributed by atoms with E-state index >= 15 is 0 Å². The smallest absolute Gasteiger partial charge is 0.252 e. The van der Waals surface area contributed by atoms with Crippen LogP contribution in [0.25, 0.3) is 22.1 Å². The molecule has 1 saturated heterocycles. The number of fused-ring (bicyclic) bond motifs is 2. The van der Waals surface area contributed by atoms with E-state index in [1.165, 1.54) is 33.7 Å². The lowest BCUT2D eigenvalue weighted by molar-refractivity contribution is -0.137. The number of rotatable bonds is 8. The second kappa shape index (κ2) is 9.40. The fourth-order valence-corrected chi connectivity index (χ4v) is 5.00. The Labute approximate surface area is 213 Å². The number of benzene rings is 1. The number of hydrogen-bond acceptors (Lipinski definition) is 8. The molecule has 1 aromatic carbocycles. The highest BCUT2D eigenvalue weighted by Gasteiger charge is 2.48. The SMILES string of the molecule is CC(C)n1cc(CCNc2ncnc3c2ncn3[C@@H]2O[C@H](C(=O)NC3CC3)[C@@H](O)[C@H]2O)c2ccccc21. The average molecular weight is 506 g/mol. The summed E-state index contributed by atoms with van der Waals surface area (Å²) in [5, 5.41) is 28.6. The Morgan fingerprint density at radius 1 is 1.16 bits per heavy atom. The molecule has 4 atom stereocenters. The molecule has 1 amide bonds. The highest BCUT2D eigenvalue weighted by Crippen LogP contribution is 2.33. The number of ether oxygens (including phenoxy) is 1. The number of para-hydroxylation sites is 1. The number of aliphatic hydroxyl groups excluding tert-OH is 2. The van der Waals surface area contributed by atoms with Crippen molar-refractivity contribution in [1.29, 1.82) is 0 Å². The molecule has 6 rings (SSSR count). The topological polar surface area (TPSA) is 139 Å². The molecule has 1 aliphatic heterocycles. The summed E-state index contributed by atoms with van der Waals surface area (Å²) in [4.78, 5) is 25.6. The van der Waals surface area contributed by atoms with Gasteiger partial charge < -0.3 is 30.2 Å². The largest absolute Gasteiger partial charge is 0.387 e.